The van der Waals surface area contributed by atoms with Gasteiger partial charge in [-0.25, -0.2) is 0 Å². The van der Waals surface area contributed by atoms with E-state index in [4.69, 9.17) is 4.74 Å². The van der Waals surface area contributed by atoms with Crippen molar-refractivity contribution in [3.05, 3.63) is 21.9 Å². The van der Waals surface area contributed by atoms with Crippen LogP contribution in [0.4, 0.5) is 0 Å². The largest absolute Gasteiger partial charge is 0.361 e. The standard InChI is InChI=1S/C13H22N2OS.H2/c1-2-12-3-4-13(17-12)9-16-10-15-11-5-7-14-8-6-11;/h3-4,11,14-15H,2,5-10H2,1H3;1H. The van der Waals surface area contributed by atoms with Gasteiger partial charge in [0.2, 0.25) is 0 Å². The monoisotopic (exact) mass is 256 g/mol. The second-order valence-corrected chi connectivity index (χ2v) is 5.70. The van der Waals surface area contributed by atoms with Gasteiger partial charge in [0.05, 0.1) is 13.3 Å². The number of hydrogen-bond acceptors (Lipinski definition) is 4. The molecule has 0 aromatic carbocycles. The molecule has 0 radical (unpaired) electrons. The average Bonchev–Trinajstić information content (AvgIpc) is 2.84. The summed E-state index contributed by atoms with van der Waals surface area (Å²) in [5, 5.41) is 6.82. The summed E-state index contributed by atoms with van der Waals surface area (Å²) in [7, 11) is 0. The predicted molar refractivity (Wildman–Crippen MR) is 74.5 cm³/mol. The molecule has 1 fully saturated rings. The van der Waals surface area contributed by atoms with E-state index in [0.29, 0.717) is 12.8 Å². The van der Waals surface area contributed by atoms with Crippen LogP contribution in [0.3, 0.4) is 0 Å². The highest BCUT2D eigenvalue weighted by Gasteiger charge is 2.11. The first kappa shape index (κ1) is 13.0. The van der Waals surface area contributed by atoms with Gasteiger partial charge in [-0.2, -0.15) is 0 Å². The Morgan fingerprint density at radius 1 is 1.41 bits per heavy atom. The van der Waals surface area contributed by atoms with Gasteiger partial charge >= 0.3 is 0 Å². The first-order chi connectivity index (χ1) is 8.38. The van der Waals surface area contributed by atoms with E-state index >= 15 is 0 Å². The van der Waals surface area contributed by atoms with E-state index in [9.17, 15) is 0 Å². The Morgan fingerprint density at radius 2 is 2.18 bits per heavy atom. The maximum Gasteiger partial charge on any atom is 0.0972 e. The molecular formula is C13H24N2OS. The molecule has 4 heteroatoms. The van der Waals surface area contributed by atoms with E-state index in [-0.39, 0.29) is 1.43 Å². The predicted octanol–water partition coefficient (Wildman–Crippen LogP) is 2.37. The molecule has 1 saturated heterocycles. The zero-order valence-corrected chi connectivity index (χ0v) is 11.3. The molecule has 2 N–H and O–H groups in total. The normalized spacial score (nSPS) is 17.5. The molecule has 1 aliphatic heterocycles. The minimum atomic E-state index is 0. The molecule has 0 bridgehead atoms. The molecule has 0 atom stereocenters. The van der Waals surface area contributed by atoms with E-state index in [2.05, 4.69) is 29.7 Å². The van der Waals surface area contributed by atoms with Gasteiger partial charge in [-0.1, -0.05) is 6.92 Å². The molecule has 1 aliphatic rings. The smallest absolute Gasteiger partial charge is 0.0972 e. The molecule has 0 spiro atoms. The third-order valence-electron chi connectivity index (χ3n) is 3.12. The van der Waals surface area contributed by atoms with Gasteiger partial charge in [-0.05, 0) is 44.5 Å². The summed E-state index contributed by atoms with van der Waals surface area (Å²) < 4.78 is 5.66. The lowest BCUT2D eigenvalue weighted by Gasteiger charge is -2.23. The molecule has 0 saturated carbocycles. The first-order valence-corrected chi connectivity index (χ1v) is 7.29. The minimum Gasteiger partial charge on any atom is -0.361 e. The zero-order valence-electron chi connectivity index (χ0n) is 10.5. The number of ether oxygens (including phenoxy) is 1. The molecule has 0 amide bonds. The Bertz CT molecular complexity index is 327. The second kappa shape index (κ2) is 7.11. The molecule has 0 aliphatic carbocycles. The van der Waals surface area contributed by atoms with Crippen LogP contribution in [0.2, 0.25) is 0 Å². The fourth-order valence-electron chi connectivity index (χ4n) is 2.04. The van der Waals surface area contributed by atoms with Crippen molar-refractivity contribution in [1.29, 1.82) is 0 Å². The number of hydrogen-bond donors (Lipinski definition) is 2. The summed E-state index contributed by atoms with van der Waals surface area (Å²) >= 11 is 1.86. The SMILES string of the molecule is CCc1ccc(COCNC2CCNCC2)s1.[HH]. The van der Waals surface area contributed by atoms with Crippen LogP contribution in [0.1, 0.15) is 30.9 Å². The minimum absolute atomic E-state index is 0. The van der Waals surface area contributed by atoms with E-state index in [1.165, 1.54) is 22.6 Å². The number of rotatable bonds is 6. The lowest BCUT2D eigenvalue weighted by molar-refractivity contribution is 0.0934. The maximum atomic E-state index is 5.66. The van der Waals surface area contributed by atoms with Gasteiger partial charge in [-0.3, -0.25) is 5.32 Å². The highest BCUT2D eigenvalue weighted by atomic mass is 32.1. The summed E-state index contributed by atoms with van der Waals surface area (Å²) in [5.41, 5.74) is 0. The van der Waals surface area contributed by atoms with Crippen LogP contribution in [0.5, 0.6) is 0 Å². The molecule has 98 valence electrons. The Balaban J connectivity index is 0.00000162. The molecule has 0 unspecified atom stereocenters. The fourth-order valence-corrected chi connectivity index (χ4v) is 2.94. The topological polar surface area (TPSA) is 33.3 Å². The van der Waals surface area contributed by atoms with E-state index < -0.39 is 0 Å². The van der Waals surface area contributed by atoms with Crippen LogP contribution in [0.25, 0.3) is 0 Å². The number of piperidine rings is 1. The number of nitrogens with one attached hydrogen (secondary N) is 2. The Morgan fingerprint density at radius 3 is 2.88 bits per heavy atom. The molecule has 1 aromatic rings. The van der Waals surface area contributed by atoms with Gasteiger partial charge in [0.1, 0.15) is 0 Å². The van der Waals surface area contributed by atoms with Crippen LogP contribution in [0.15, 0.2) is 12.1 Å². The third kappa shape index (κ3) is 4.39. The molecule has 17 heavy (non-hydrogen) atoms. The fraction of sp³-hybridized carbons (Fsp3) is 0.692. The Kier molecular flexibility index (Phi) is 5.45. The lowest BCUT2D eigenvalue weighted by atomic mass is 10.1. The van der Waals surface area contributed by atoms with Gasteiger partial charge in [0.15, 0.2) is 0 Å². The van der Waals surface area contributed by atoms with Gasteiger partial charge in [-0.15, -0.1) is 11.3 Å². The van der Waals surface area contributed by atoms with Crippen molar-refractivity contribution in [2.45, 2.75) is 38.8 Å². The zero-order chi connectivity index (χ0) is 11.9. The third-order valence-corrected chi connectivity index (χ3v) is 4.33. The van der Waals surface area contributed by atoms with Gasteiger partial charge < -0.3 is 10.1 Å². The van der Waals surface area contributed by atoms with Crippen molar-refractivity contribution >= 4 is 11.3 Å². The van der Waals surface area contributed by atoms with Crippen molar-refractivity contribution < 1.29 is 6.16 Å². The summed E-state index contributed by atoms with van der Waals surface area (Å²) in [6, 6.07) is 5.00. The van der Waals surface area contributed by atoms with Crippen molar-refractivity contribution in [1.82, 2.24) is 10.6 Å². The quantitative estimate of drug-likeness (QED) is 0.605. The van der Waals surface area contributed by atoms with Crippen LogP contribution < -0.4 is 10.6 Å². The van der Waals surface area contributed by atoms with Gasteiger partial charge in [0.25, 0.3) is 0 Å². The van der Waals surface area contributed by atoms with Crippen molar-refractivity contribution in [3.8, 4) is 0 Å². The molecule has 2 heterocycles. The highest BCUT2D eigenvalue weighted by molar-refractivity contribution is 7.11. The van der Waals surface area contributed by atoms with E-state index in [0.717, 1.165) is 26.1 Å². The molecular weight excluding hydrogens is 232 g/mol. The van der Waals surface area contributed by atoms with Crippen LogP contribution >= 0.6 is 11.3 Å². The maximum absolute atomic E-state index is 5.66. The highest BCUT2D eigenvalue weighted by Crippen LogP contribution is 2.17. The second-order valence-electron chi connectivity index (χ2n) is 4.44. The van der Waals surface area contributed by atoms with Crippen LogP contribution in [-0.4, -0.2) is 25.9 Å². The average molecular weight is 256 g/mol. The van der Waals surface area contributed by atoms with Crippen LogP contribution in [-0.2, 0) is 17.8 Å². The van der Waals surface area contributed by atoms with Crippen molar-refractivity contribution in [2.75, 3.05) is 19.8 Å². The molecule has 3 nitrogen and oxygen atoms in total. The Labute approximate surface area is 109 Å². The summed E-state index contributed by atoms with van der Waals surface area (Å²) in [4.78, 5) is 2.77. The molecule has 2 rings (SSSR count). The van der Waals surface area contributed by atoms with E-state index in [1.807, 2.05) is 11.3 Å². The lowest BCUT2D eigenvalue weighted by Crippen LogP contribution is -2.40. The van der Waals surface area contributed by atoms with Crippen molar-refractivity contribution in [3.63, 3.8) is 0 Å². The Hall–Kier alpha value is -0.420. The number of aryl methyl sites for hydroxylation is 1. The molecule has 1 aromatic heterocycles. The van der Waals surface area contributed by atoms with Crippen molar-refractivity contribution in [2.24, 2.45) is 0 Å². The van der Waals surface area contributed by atoms with Gasteiger partial charge in [0, 0.05) is 17.2 Å². The summed E-state index contributed by atoms with van der Waals surface area (Å²) in [6.45, 7) is 5.85. The first-order valence-electron chi connectivity index (χ1n) is 6.48. The van der Waals surface area contributed by atoms with E-state index in [1.54, 1.807) is 0 Å². The number of thiophene rings is 1. The van der Waals surface area contributed by atoms with Crippen LogP contribution in [0, 0.1) is 0 Å². The summed E-state index contributed by atoms with van der Waals surface area (Å²) in [6.07, 6.45) is 3.54. The summed E-state index contributed by atoms with van der Waals surface area (Å²) in [5.74, 6) is 0.